The van der Waals surface area contributed by atoms with Crippen LogP contribution in [0.25, 0.3) is 0 Å². The van der Waals surface area contributed by atoms with Crippen LogP contribution < -0.4 is 0 Å². The van der Waals surface area contributed by atoms with Gasteiger partial charge in [-0.15, -0.1) is 0 Å². The van der Waals surface area contributed by atoms with Gasteiger partial charge in [-0.3, -0.25) is 4.79 Å². The van der Waals surface area contributed by atoms with E-state index in [9.17, 15) is 4.79 Å². The van der Waals surface area contributed by atoms with Gasteiger partial charge in [0.25, 0.3) is 0 Å². The Balaban J connectivity index is 2.14. The number of halogens is 1. The third kappa shape index (κ3) is 2.82. The molecule has 1 aliphatic carbocycles. The summed E-state index contributed by atoms with van der Waals surface area (Å²) in [6, 6.07) is 7.91. The fraction of sp³-hybridized carbons (Fsp3) is 0.462. The zero-order valence-corrected chi connectivity index (χ0v) is 9.46. The molecule has 1 fully saturated rings. The summed E-state index contributed by atoms with van der Waals surface area (Å²) in [5.41, 5.74) is 1.26. The molecular weight excluding hydrogens is 208 g/mol. The van der Waals surface area contributed by atoms with Gasteiger partial charge in [-0.25, -0.2) is 0 Å². The van der Waals surface area contributed by atoms with Gasteiger partial charge in [0.1, 0.15) is 5.78 Å². The fourth-order valence-electron chi connectivity index (χ4n) is 2.21. The van der Waals surface area contributed by atoms with E-state index < -0.39 is 0 Å². The van der Waals surface area contributed by atoms with Crippen LogP contribution in [0.15, 0.2) is 24.3 Å². The van der Waals surface area contributed by atoms with E-state index in [1.807, 2.05) is 24.3 Å². The second kappa shape index (κ2) is 4.80. The molecule has 1 aliphatic rings. The molecule has 0 aromatic heterocycles. The number of hydrogen-bond donors (Lipinski definition) is 0. The summed E-state index contributed by atoms with van der Waals surface area (Å²) in [5.74, 6) is 0.824. The molecule has 0 heterocycles. The molecule has 0 saturated heterocycles. The van der Waals surface area contributed by atoms with Crippen LogP contribution in [0.4, 0.5) is 0 Å². The number of carbonyl (C=O) groups is 1. The van der Waals surface area contributed by atoms with Gasteiger partial charge < -0.3 is 0 Å². The third-order valence-electron chi connectivity index (χ3n) is 3.07. The predicted octanol–water partition coefficient (Wildman–Crippen LogP) is 3.96. The topological polar surface area (TPSA) is 17.1 Å². The molecule has 0 aliphatic heterocycles. The molecule has 0 bridgehead atoms. The number of Topliss-reactive ketones (excluding diaryl/α,β-unsaturated/α-hetero) is 1. The molecule has 80 valence electrons. The maximum absolute atomic E-state index is 11.5. The lowest BCUT2D eigenvalue weighted by Crippen LogP contribution is -2.03. The summed E-state index contributed by atoms with van der Waals surface area (Å²) >= 11 is 5.84. The van der Waals surface area contributed by atoms with Gasteiger partial charge in [0.2, 0.25) is 0 Å². The van der Waals surface area contributed by atoms with Crippen LogP contribution in [-0.4, -0.2) is 5.78 Å². The summed E-state index contributed by atoms with van der Waals surface area (Å²) in [6.45, 7) is 0. The highest BCUT2D eigenvalue weighted by atomic mass is 35.5. The van der Waals surface area contributed by atoms with E-state index in [-0.39, 0.29) is 0 Å². The van der Waals surface area contributed by atoms with Gasteiger partial charge in [-0.2, -0.15) is 0 Å². The summed E-state index contributed by atoms with van der Waals surface area (Å²) < 4.78 is 0. The first-order valence-electron chi connectivity index (χ1n) is 5.53. The van der Waals surface area contributed by atoms with E-state index in [1.165, 1.54) is 12.0 Å². The zero-order valence-electron chi connectivity index (χ0n) is 8.71. The minimum atomic E-state index is 0.410. The minimum Gasteiger partial charge on any atom is -0.300 e. The predicted molar refractivity (Wildman–Crippen MR) is 62.3 cm³/mol. The van der Waals surface area contributed by atoms with Crippen LogP contribution in [0.3, 0.4) is 0 Å². The number of benzene rings is 1. The number of ketones is 1. The van der Waals surface area contributed by atoms with E-state index in [0.717, 1.165) is 24.3 Å². The van der Waals surface area contributed by atoms with Crippen molar-refractivity contribution in [2.75, 3.05) is 0 Å². The molecule has 0 spiro atoms. The van der Waals surface area contributed by atoms with Gasteiger partial charge in [-0.1, -0.05) is 30.2 Å². The maximum Gasteiger partial charge on any atom is 0.133 e. The normalized spacial score (nSPS) is 22.5. The van der Waals surface area contributed by atoms with Gasteiger partial charge in [-0.05, 0) is 36.5 Å². The van der Waals surface area contributed by atoms with Crippen LogP contribution in [-0.2, 0) is 4.79 Å². The minimum absolute atomic E-state index is 0.410. The number of hydrogen-bond acceptors (Lipinski definition) is 1. The first kappa shape index (κ1) is 10.7. The summed E-state index contributed by atoms with van der Waals surface area (Å²) in [4.78, 5) is 11.5. The second-order valence-corrected chi connectivity index (χ2v) is 4.67. The largest absolute Gasteiger partial charge is 0.300 e. The molecular formula is C13H15ClO. The van der Waals surface area contributed by atoms with E-state index in [1.54, 1.807) is 0 Å². The Morgan fingerprint density at radius 1 is 1.13 bits per heavy atom. The summed E-state index contributed by atoms with van der Waals surface area (Å²) in [7, 11) is 0. The molecule has 1 saturated carbocycles. The Hall–Kier alpha value is -0.820. The van der Waals surface area contributed by atoms with Crippen LogP contribution in [0.2, 0.25) is 5.02 Å². The van der Waals surface area contributed by atoms with Gasteiger partial charge in [0.15, 0.2) is 0 Å². The second-order valence-electron chi connectivity index (χ2n) is 4.24. The van der Waals surface area contributed by atoms with E-state index in [2.05, 4.69) is 0 Å². The molecule has 15 heavy (non-hydrogen) atoms. The highest BCUT2D eigenvalue weighted by molar-refractivity contribution is 6.30. The van der Waals surface area contributed by atoms with Crippen LogP contribution in [0.5, 0.6) is 0 Å². The first-order valence-corrected chi connectivity index (χ1v) is 5.90. The van der Waals surface area contributed by atoms with Crippen molar-refractivity contribution >= 4 is 17.4 Å². The summed E-state index contributed by atoms with van der Waals surface area (Å²) in [6.07, 6.45) is 4.83. The standard InChI is InChI=1S/C13H15ClO/c14-12-7-5-10(6-8-12)11-3-1-2-4-13(15)9-11/h5-8,11H,1-4,9H2. The Kier molecular flexibility index (Phi) is 3.42. The van der Waals surface area contributed by atoms with Crippen molar-refractivity contribution in [1.29, 1.82) is 0 Å². The highest BCUT2D eigenvalue weighted by Gasteiger charge is 2.18. The highest BCUT2D eigenvalue weighted by Crippen LogP contribution is 2.30. The van der Waals surface area contributed by atoms with E-state index in [4.69, 9.17) is 11.6 Å². The molecule has 1 atom stereocenters. The molecule has 1 aromatic rings. The smallest absolute Gasteiger partial charge is 0.133 e. The monoisotopic (exact) mass is 222 g/mol. The van der Waals surface area contributed by atoms with Crippen LogP contribution in [0.1, 0.15) is 43.6 Å². The lowest BCUT2D eigenvalue weighted by atomic mass is 9.92. The van der Waals surface area contributed by atoms with Crippen LogP contribution >= 0.6 is 11.6 Å². The number of carbonyl (C=O) groups excluding carboxylic acids is 1. The molecule has 1 aromatic carbocycles. The van der Waals surface area contributed by atoms with Crippen molar-refractivity contribution in [1.82, 2.24) is 0 Å². The van der Waals surface area contributed by atoms with Crippen molar-refractivity contribution < 1.29 is 4.79 Å². The molecule has 2 rings (SSSR count). The SMILES string of the molecule is O=C1CCCCC(c2ccc(Cl)cc2)C1. The van der Waals surface area contributed by atoms with Crippen molar-refractivity contribution in [3.05, 3.63) is 34.9 Å². The fourth-order valence-corrected chi connectivity index (χ4v) is 2.34. The maximum atomic E-state index is 11.5. The van der Waals surface area contributed by atoms with Crippen molar-refractivity contribution in [2.24, 2.45) is 0 Å². The lowest BCUT2D eigenvalue weighted by molar-refractivity contribution is -0.119. The van der Waals surface area contributed by atoms with Gasteiger partial charge in [0, 0.05) is 17.9 Å². The molecule has 0 radical (unpaired) electrons. The van der Waals surface area contributed by atoms with E-state index in [0.29, 0.717) is 18.1 Å². The molecule has 2 heteroatoms. The Morgan fingerprint density at radius 3 is 2.60 bits per heavy atom. The first-order chi connectivity index (χ1) is 7.25. The van der Waals surface area contributed by atoms with Gasteiger partial charge in [0.05, 0.1) is 0 Å². The van der Waals surface area contributed by atoms with Gasteiger partial charge >= 0.3 is 0 Å². The van der Waals surface area contributed by atoms with Crippen LogP contribution in [0, 0.1) is 0 Å². The average Bonchev–Trinajstić information content (AvgIpc) is 2.44. The molecule has 0 amide bonds. The Labute approximate surface area is 95.4 Å². The molecule has 1 unspecified atom stereocenters. The van der Waals surface area contributed by atoms with E-state index >= 15 is 0 Å². The average molecular weight is 223 g/mol. The Bertz CT molecular complexity index is 342. The molecule has 0 N–H and O–H groups in total. The Morgan fingerprint density at radius 2 is 1.87 bits per heavy atom. The van der Waals surface area contributed by atoms with Crippen molar-refractivity contribution in [3.8, 4) is 0 Å². The van der Waals surface area contributed by atoms with Crippen molar-refractivity contribution in [2.45, 2.75) is 38.0 Å². The lowest BCUT2D eigenvalue weighted by Gasteiger charge is -2.13. The molecule has 1 nitrogen and oxygen atoms in total. The number of rotatable bonds is 1. The summed E-state index contributed by atoms with van der Waals surface area (Å²) in [5, 5.41) is 0.763. The van der Waals surface area contributed by atoms with Crippen molar-refractivity contribution in [3.63, 3.8) is 0 Å². The zero-order chi connectivity index (χ0) is 10.7. The quantitative estimate of drug-likeness (QED) is 0.658. The third-order valence-corrected chi connectivity index (χ3v) is 3.33.